The number of carbonyl (C=O) groups excluding carboxylic acids is 2. The van der Waals surface area contributed by atoms with E-state index in [4.69, 9.17) is 10.5 Å². The highest BCUT2D eigenvalue weighted by Gasteiger charge is 2.49. The fourth-order valence-corrected chi connectivity index (χ4v) is 5.90. The molecule has 38 heavy (non-hydrogen) atoms. The van der Waals surface area contributed by atoms with Crippen LogP contribution in [0.25, 0.3) is 0 Å². The molecule has 0 aliphatic carbocycles. The first-order valence-corrected chi connectivity index (χ1v) is 12.4. The molecule has 3 heterocycles. The number of nitrogen functional groups attached to an aromatic ring is 1. The molecule has 10 heteroatoms. The molecule has 0 bridgehead atoms. The second-order valence-corrected chi connectivity index (χ2v) is 9.72. The maximum atomic E-state index is 14.5. The molecule has 2 saturated heterocycles. The highest BCUT2D eigenvalue weighted by Crippen LogP contribution is 2.47. The number of anilines is 2. The normalized spacial score (nSPS) is 21.6. The smallest absolute Gasteiger partial charge is 0.422 e. The zero-order valence-corrected chi connectivity index (χ0v) is 20.3. The minimum atomic E-state index is -4.73. The molecule has 6 rings (SSSR count). The molecule has 2 atom stereocenters. The fraction of sp³-hybridized carbons (Fsp3) is 0.286. The molecule has 7 nitrogen and oxygen atoms in total. The first kappa shape index (κ1) is 24.3. The van der Waals surface area contributed by atoms with Gasteiger partial charge in [-0.3, -0.25) is 19.4 Å². The summed E-state index contributed by atoms with van der Waals surface area (Å²) >= 11 is 0. The second kappa shape index (κ2) is 9.05. The van der Waals surface area contributed by atoms with Crippen molar-refractivity contribution < 1.29 is 27.5 Å². The topological polar surface area (TPSA) is 79.1 Å². The summed E-state index contributed by atoms with van der Waals surface area (Å²) in [6.45, 7) is 1.62. The van der Waals surface area contributed by atoms with Gasteiger partial charge < -0.3 is 15.4 Å². The van der Waals surface area contributed by atoms with E-state index in [-0.39, 0.29) is 47.3 Å². The average Bonchev–Trinajstić information content (AvgIpc) is 3.42. The molecule has 0 aromatic heterocycles. The van der Waals surface area contributed by atoms with Crippen molar-refractivity contribution in [2.75, 3.05) is 36.8 Å². The Kier molecular flexibility index (Phi) is 5.79. The third-order valence-electron chi connectivity index (χ3n) is 7.59. The van der Waals surface area contributed by atoms with Gasteiger partial charge in [-0.15, -0.1) is 0 Å². The lowest BCUT2D eigenvalue weighted by Gasteiger charge is -2.43. The van der Waals surface area contributed by atoms with Gasteiger partial charge in [0.2, 0.25) is 0 Å². The molecule has 2 fully saturated rings. The first-order chi connectivity index (χ1) is 18.2. The van der Waals surface area contributed by atoms with Crippen molar-refractivity contribution in [2.45, 2.75) is 24.7 Å². The van der Waals surface area contributed by atoms with Crippen molar-refractivity contribution in [3.63, 3.8) is 0 Å². The van der Waals surface area contributed by atoms with Crippen LogP contribution in [0.5, 0.6) is 11.5 Å². The summed E-state index contributed by atoms with van der Waals surface area (Å²) in [6, 6.07) is 16.8. The van der Waals surface area contributed by atoms with Crippen LogP contribution in [0.4, 0.5) is 24.5 Å². The lowest BCUT2D eigenvalue weighted by molar-refractivity contribution is -0.138. The number of benzene rings is 3. The maximum Gasteiger partial charge on any atom is 0.422 e. The van der Waals surface area contributed by atoms with Crippen LogP contribution in [0.3, 0.4) is 0 Å². The maximum absolute atomic E-state index is 14.5. The number of imide groups is 1. The summed E-state index contributed by atoms with van der Waals surface area (Å²) in [5.41, 5.74) is 5.80. The van der Waals surface area contributed by atoms with Gasteiger partial charge in [0.15, 0.2) is 0 Å². The van der Waals surface area contributed by atoms with Crippen LogP contribution in [0, 0.1) is 0 Å². The predicted octanol–water partition coefficient (Wildman–Crippen LogP) is 4.64. The summed E-state index contributed by atoms with van der Waals surface area (Å²) in [6.07, 6.45) is -4.17. The zero-order valence-electron chi connectivity index (χ0n) is 20.3. The Morgan fingerprint density at radius 2 is 1.47 bits per heavy atom. The molecule has 3 aromatic carbocycles. The van der Waals surface area contributed by atoms with Gasteiger partial charge in [-0.1, -0.05) is 30.3 Å². The van der Waals surface area contributed by atoms with E-state index in [0.29, 0.717) is 37.2 Å². The molecule has 0 spiro atoms. The number of hydrogen-bond acceptors (Lipinski definition) is 6. The molecule has 0 unspecified atom stereocenters. The van der Waals surface area contributed by atoms with Crippen LogP contribution in [0.1, 0.15) is 32.7 Å². The number of carbonyl (C=O) groups is 2. The van der Waals surface area contributed by atoms with Crippen molar-refractivity contribution in [2.24, 2.45) is 0 Å². The molecule has 0 radical (unpaired) electrons. The number of halogens is 3. The number of nitrogens with zero attached hydrogens (tertiary/aromatic N) is 3. The third-order valence-corrected chi connectivity index (χ3v) is 7.59. The summed E-state index contributed by atoms with van der Waals surface area (Å²) in [5, 5.41) is 0. The Balaban J connectivity index is 1.34. The Morgan fingerprint density at radius 1 is 0.816 bits per heavy atom. The second-order valence-electron chi connectivity index (χ2n) is 9.72. The zero-order chi connectivity index (χ0) is 26.6. The summed E-state index contributed by atoms with van der Waals surface area (Å²) in [7, 11) is 0. The lowest BCUT2D eigenvalue weighted by atomic mass is 10.0. The first-order valence-electron chi connectivity index (χ1n) is 12.4. The van der Waals surface area contributed by atoms with Gasteiger partial charge in [-0.05, 0) is 42.8 Å². The molecular formula is C28H25F3N4O3. The van der Waals surface area contributed by atoms with E-state index in [0.717, 1.165) is 0 Å². The molecule has 196 valence electrons. The third kappa shape index (κ3) is 3.96. The minimum Gasteiger partial charge on any atom is -0.457 e. The molecule has 3 aliphatic rings. The number of amides is 2. The van der Waals surface area contributed by atoms with Crippen LogP contribution in [-0.2, 0) is 6.18 Å². The Labute approximate surface area is 217 Å². The number of rotatable bonds is 4. The Bertz CT molecular complexity index is 1380. The molecule has 3 aromatic rings. The van der Waals surface area contributed by atoms with Crippen LogP contribution in [0.2, 0.25) is 0 Å². The monoisotopic (exact) mass is 522 g/mol. The van der Waals surface area contributed by atoms with Gasteiger partial charge in [-0.2, -0.15) is 13.2 Å². The largest absolute Gasteiger partial charge is 0.457 e. The van der Waals surface area contributed by atoms with Gasteiger partial charge in [-0.25, -0.2) is 0 Å². The van der Waals surface area contributed by atoms with Crippen molar-refractivity contribution in [3.05, 3.63) is 83.4 Å². The number of hydrogen-bond donors (Lipinski definition) is 1. The van der Waals surface area contributed by atoms with Crippen molar-refractivity contribution in [3.8, 4) is 11.5 Å². The quantitative estimate of drug-likeness (QED) is 0.398. The predicted molar refractivity (Wildman–Crippen MR) is 135 cm³/mol. The summed E-state index contributed by atoms with van der Waals surface area (Å²) in [4.78, 5) is 31.4. The summed E-state index contributed by atoms with van der Waals surface area (Å²) < 4.78 is 49.2. The van der Waals surface area contributed by atoms with Gasteiger partial charge in [0.05, 0.1) is 28.5 Å². The van der Waals surface area contributed by atoms with E-state index < -0.39 is 17.8 Å². The molecule has 3 aliphatic heterocycles. The van der Waals surface area contributed by atoms with Crippen LogP contribution >= 0.6 is 0 Å². The summed E-state index contributed by atoms with van der Waals surface area (Å²) in [5.74, 6) is -0.773. The van der Waals surface area contributed by atoms with Gasteiger partial charge >= 0.3 is 6.18 Å². The Morgan fingerprint density at radius 3 is 2.13 bits per heavy atom. The molecule has 2 N–H and O–H groups in total. The highest BCUT2D eigenvalue weighted by atomic mass is 19.4. The number of alkyl halides is 3. The van der Waals surface area contributed by atoms with E-state index in [1.165, 1.54) is 17.0 Å². The van der Waals surface area contributed by atoms with Gasteiger partial charge in [0, 0.05) is 32.2 Å². The highest BCUT2D eigenvalue weighted by molar-refractivity contribution is 6.21. The van der Waals surface area contributed by atoms with Crippen molar-refractivity contribution in [1.82, 2.24) is 9.80 Å². The number of fused-ring (bicyclic) bond motifs is 2. The fourth-order valence-electron chi connectivity index (χ4n) is 5.90. The van der Waals surface area contributed by atoms with E-state index >= 15 is 0 Å². The number of ether oxygens (including phenoxy) is 1. The molecule has 2 amide bonds. The molecular weight excluding hydrogens is 497 g/mol. The van der Waals surface area contributed by atoms with Crippen molar-refractivity contribution >= 4 is 23.2 Å². The van der Waals surface area contributed by atoms with Crippen LogP contribution < -0.4 is 15.4 Å². The number of nitrogens with two attached hydrogens (primary N) is 1. The van der Waals surface area contributed by atoms with Crippen LogP contribution in [0.15, 0.2) is 66.7 Å². The molecule has 0 saturated carbocycles. The van der Waals surface area contributed by atoms with Gasteiger partial charge in [0.1, 0.15) is 17.1 Å². The van der Waals surface area contributed by atoms with E-state index in [9.17, 15) is 22.8 Å². The van der Waals surface area contributed by atoms with Gasteiger partial charge in [0.25, 0.3) is 11.8 Å². The van der Waals surface area contributed by atoms with Crippen molar-refractivity contribution in [1.29, 1.82) is 0 Å². The van der Waals surface area contributed by atoms with E-state index in [1.54, 1.807) is 59.5 Å². The number of para-hydroxylation sites is 1. The number of piperazine rings is 1. The Hall–Kier alpha value is -4.05. The van der Waals surface area contributed by atoms with Crippen LogP contribution in [-0.4, -0.2) is 59.9 Å². The standard InChI is InChI=1S/C28H25F3N4O3/c29-28(30,31)24-23(38-17-6-2-1-3-7-17)11-10-20(32)25(24)34-15-14-33-13-12-21(22(33)16-34)35-26(36)18-8-4-5-9-19(18)27(35)37/h1-11,21-22H,12-16,32H2/t21-,22+/m1/s1. The van der Waals surface area contributed by atoms with E-state index in [2.05, 4.69) is 4.90 Å². The minimum absolute atomic E-state index is 0.0125. The average molecular weight is 523 g/mol. The lowest BCUT2D eigenvalue weighted by Crippen LogP contribution is -2.57. The van der Waals surface area contributed by atoms with E-state index in [1.807, 2.05) is 0 Å². The SMILES string of the molecule is Nc1ccc(Oc2ccccc2)c(C(F)(F)F)c1N1CCN2CC[C@@H](N3C(=O)c4ccccc4C3=O)[C@@H]2C1.